The molecule has 2 nitrogen and oxygen atoms in total. The molecule has 0 bridgehead atoms. The number of nitrogens with one attached hydrogen (secondary N) is 1. The van der Waals surface area contributed by atoms with E-state index in [2.05, 4.69) is 24.0 Å². The molecular formula is C19H24FNO. The van der Waals surface area contributed by atoms with Gasteiger partial charge in [-0.1, -0.05) is 43.0 Å². The van der Waals surface area contributed by atoms with Gasteiger partial charge >= 0.3 is 0 Å². The minimum atomic E-state index is -0.456. The molecule has 1 fully saturated rings. The third-order valence-electron chi connectivity index (χ3n) is 3.86. The number of ether oxygens (including phenoxy) is 1. The van der Waals surface area contributed by atoms with Crippen LogP contribution >= 0.6 is 0 Å². The third kappa shape index (κ3) is 5.15. The number of benzene rings is 1. The van der Waals surface area contributed by atoms with Gasteiger partial charge in [-0.25, -0.2) is 4.39 Å². The van der Waals surface area contributed by atoms with Crippen LogP contribution in [0.1, 0.15) is 31.4 Å². The molecule has 1 aromatic rings. The summed E-state index contributed by atoms with van der Waals surface area (Å²) in [5, 5.41) is 3.39. The molecule has 2 rings (SSSR count). The Labute approximate surface area is 132 Å². The summed E-state index contributed by atoms with van der Waals surface area (Å²) >= 11 is 0. The van der Waals surface area contributed by atoms with Gasteiger partial charge in [-0.05, 0) is 50.6 Å². The molecule has 1 atom stereocenters. The molecule has 1 heterocycles. The zero-order valence-corrected chi connectivity index (χ0v) is 13.1. The van der Waals surface area contributed by atoms with Gasteiger partial charge in [-0.15, -0.1) is 0 Å². The maximum absolute atomic E-state index is 12.6. The van der Waals surface area contributed by atoms with Crippen molar-refractivity contribution in [1.29, 1.82) is 0 Å². The maximum atomic E-state index is 12.6. The first kappa shape index (κ1) is 16.5. The summed E-state index contributed by atoms with van der Waals surface area (Å²) in [5.74, 6) is 0.819. The van der Waals surface area contributed by atoms with Gasteiger partial charge in [-0.3, -0.25) is 0 Å². The smallest absolute Gasteiger partial charge is 0.126 e. The Kier molecular flexibility index (Phi) is 6.41. The van der Waals surface area contributed by atoms with Gasteiger partial charge in [0.05, 0.1) is 5.76 Å². The summed E-state index contributed by atoms with van der Waals surface area (Å²) in [7, 11) is 0. The molecule has 0 aliphatic carbocycles. The second-order valence-corrected chi connectivity index (χ2v) is 5.62. The van der Waals surface area contributed by atoms with Crippen LogP contribution in [0.2, 0.25) is 0 Å². The molecule has 118 valence electrons. The molecule has 1 aliphatic heterocycles. The largest absolute Gasteiger partial charge is 0.490 e. The molecular weight excluding hydrogens is 277 g/mol. The van der Waals surface area contributed by atoms with Crippen molar-refractivity contribution in [2.75, 3.05) is 13.1 Å². The zero-order chi connectivity index (χ0) is 15.8. The highest BCUT2D eigenvalue weighted by atomic mass is 19.1. The summed E-state index contributed by atoms with van der Waals surface area (Å²) < 4.78 is 18.8. The van der Waals surface area contributed by atoms with Crippen molar-refractivity contribution in [1.82, 2.24) is 5.32 Å². The lowest BCUT2D eigenvalue weighted by molar-refractivity contribution is 0.0500. The van der Waals surface area contributed by atoms with Crippen molar-refractivity contribution in [3.8, 4) is 0 Å². The first-order chi connectivity index (χ1) is 10.7. The Balaban J connectivity index is 2.12. The van der Waals surface area contributed by atoms with E-state index in [4.69, 9.17) is 4.74 Å². The quantitative estimate of drug-likeness (QED) is 0.608. The summed E-state index contributed by atoms with van der Waals surface area (Å²) in [5.41, 5.74) is 1.20. The molecule has 1 saturated heterocycles. The van der Waals surface area contributed by atoms with Gasteiger partial charge in [-0.2, -0.15) is 0 Å². The van der Waals surface area contributed by atoms with Crippen LogP contribution in [0.5, 0.6) is 0 Å². The molecule has 1 N–H and O–H groups in total. The summed E-state index contributed by atoms with van der Waals surface area (Å²) in [6, 6.07) is 10.3. The van der Waals surface area contributed by atoms with Crippen LogP contribution in [0.25, 0.3) is 0 Å². The fourth-order valence-electron chi connectivity index (χ4n) is 2.75. The maximum Gasteiger partial charge on any atom is 0.126 e. The lowest BCUT2D eigenvalue weighted by atomic mass is 9.88. The van der Waals surface area contributed by atoms with Gasteiger partial charge in [0.25, 0.3) is 0 Å². The number of piperidine rings is 1. The zero-order valence-electron chi connectivity index (χ0n) is 13.1. The van der Waals surface area contributed by atoms with E-state index in [1.807, 2.05) is 25.1 Å². The molecule has 1 aromatic carbocycles. The third-order valence-corrected chi connectivity index (χ3v) is 3.86. The number of halogens is 1. The number of allylic oxidation sites excluding steroid dienone is 5. The van der Waals surface area contributed by atoms with Crippen LogP contribution in [0.4, 0.5) is 4.39 Å². The van der Waals surface area contributed by atoms with E-state index >= 15 is 0 Å². The van der Waals surface area contributed by atoms with Crippen LogP contribution in [0.3, 0.4) is 0 Å². The highest BCUT2D eigenvalue weighted by Gasteiger charge is 2.26. The van der Waals surface area contributed by atoms with E-state index in [9.17, 15) is 4.39 Å². The van der Waals surface area contributed by atoms with Gasteiger partial charge in [0, 0.05) is 5.92 Å². The van der Waals surface area contributed by atoms with Crippen LogP contribution in [0.15, 0.2) is 66.7 Å². The van der Waals surface area contributed by atoms with Crippen molar-refractivity contribution in [3.63, 3.8) is 0 Å². The number of rotatable bonds is 6. The lowest BCUT2D eigenvalue weighted by Crippen LogP contribution is -2.31. The monoisotopic (exact) mass is 301 g/mol. The molecule has 1 unspecified atom stereocenters. The fraction of sp³-hybridized carbons (Fsp3) is 0.368. The normalized spacial score (nSPS) is 18.4. The first-order valence-electron chi connectivity index (χ1n) is 7.78. The van der Waals surface area contributed by atoms with Crippen LogP contribution in [-0.2, 0) is 4.74 Å². The average Bonchev–Trinajstić information content (AvgIpc) is 2.54. The SMILES string of the molecule is C=C(F)/C=C\C=C(/C)OC(c1ccccc1)C1CCNCC1. The minimum absolute atomic E-state index is 0.0431. The molecule has 22 heavy (non-hydrogen) atoms. The second-order valence-electron chi connectivity index (χ2n) is 5.62. The average molecular weight is 301 g/mol. The molecule has 0 radical (unpaired) electrons. The Morgan fingerprint density at radius 3 is 2.64 bits per heavy atom. The molecule has 0 spiro atoms. The number of hydrogen-bond donors (Lipinski definition) is 1. The van der Waals surface area contributed by atoms with Gasteiger partial charge in [0.15, 0.2) is 0 Å². The highest BCUT2D eigenvalue weighted by molar-refractivity contribution is 5.20. The van der Waals surface area contributed by atoms with Crippen molar-refractivity contribution in [3.05, 3.63) is 72.3 Å². The molecule has 0 amide bonds. The van der Waals surface area contributed by atoms with Crippen LogP contribution < -0.4 is 5.32 Å². The standard InChI is InChI=1S/C19H24FNO/c1-15(20)7-6-8-16(2)22-19(17-9-4-3-5-10-17)18-11-13-21-14-12-18/h3-10,18-19,21H,1,11-14H2,2H3/b7-6-,16-8+. The summed E-state index contributed by atoms with van der Waals surface area (Å²) in [4.78, 5) is 0. The van der Waals surface area contributed by atoms with Crippen LogP contribution in [0, 0.1) is 5.92 Å². The van der Waals surface area contributed by atoms with E-state index in [1.165, 1.54) is 11.6 Å². The van der Waals surface area contributed by atoms with Crippen molar-refractivity contribution in [2.45, 2.75) is 25.9 Å². The van der Waals surface area contributed by atoms with Crippen molar-refractivity contribution >= 4 is 0 Å². The van der Waals surface area contributed by atoms with E-state index in [-0.39, 0.29) is 6.10 Å². The first-order valence-corrected chi connectivity index (χ1v) is 7.78. The molecule has 0 saturated carbocycles. The predicted molar refractivity (Wildman–Crippen MR) is 89.0 cm³/mol. The molecule has 0 aromatic heterocycles. The van der Waals surface area contributed by atoms with Crippen molar-refractivity contribution in [2.24, 2.45) is 5.92 Å². The summed E-state index contributed by atoms with van der Waals surface area (Å²) in [6.07, 6.45) is 6.98. The van der Waals surface area contributed by atoms with E-state index in [0.29, 0.717) is 5.92 Å². The van der Waals surface area contributed by atoms with Gasteiger partial charge < -0.3 is 10.1 Å². The van der Waals surface area contributed by atoms with E-state index < -0.39 is 5.83 Å². The number of hydrogen-bond acceptors (Lipinski definition) is 2. The highest BCUT2D eigenvalue weighted by Crippen LogP contribution is 2.33. The molecule has 1 aliphatic rings. The topological polar surface area (TPSA) is 21.3 Å². The lowest BCUT2D eigenvalue weighted by Gasteiger charge is -2.31. The Morgan fingerprint density at radius 1 is 1.32 bits per heavy atom. The van der Waals surface area contributed by atoms with Crippen molar-refractivity contribution < 1.29 is 9.13 Å². The van der Waals surface area contributed by atoms with Gasteiger partial charge in [0.1, 0.15) is 11.9 Å². The van der Waals surface area contributed by atoms with E-state index in [1.54, 1.807) is 12.2 Å². The Bertz CT molecular complexity index is 530. The van der Waals surface area contributed by atoms with Gasteiger partial charge in [0.2, 0.25) is 0 Å². The Hall–Kier alpha value is -1.87. The van der Waals surface area contributed by atoms with Crippen LogP contribution in [-0.4, -0.2) is 13.1 Å². The fourth-order valence-corrected chi connectivity index (χ4v) is 2.75. The summed E-state index contributed by atoms with van der Waals surface area (Å²) in [6.45, 7) is 7.17. The molecule has 3 heteroatoms. The minimum Gasteiger partial charge on any atom is -0.490 e. The van der Waals surface area contributed by atoms with E-state index in [0.717, 1.165) is 31.7 Å². The second kappa shape index (κ2) is 8.54. The Morgan fingerprint density at radius 2 is 2.00 bits per heavy atom. The predicted octanol–water partition coefficient (Wildman–Crippen LogP) is 4.69.